The Balaban J connectivity index is 2.33. The molecule has 1 unspecified atom stereocenters. The van der Waals surface area contributed by atoms with Crippen molar-refractivity contribution in [3.8, 4) is 0 Å². The first kappa shape index (κ1) is 17.0. The normalized spacial score (nSPS) is 12.2. The zero-order valence-electron chi connectivity index (χ0n) is 12.8. The fourth-order valence-electron chi connectivity index (χ4n) is 2.18. The molecule has 0 saturated heterocycles. The largest absolute Gasteiger partial charge is 0.481 e. The van der Waals surface area contributed by atoms with Crippen LogP contribution >= 0.6 is 0 Å². The molecule has 1 aromatic heterocycles. The van der Waals surface area contributed by atoms with Crippen LogP contribution in [0.25, 0.3) is 0 Å². The van der Waals surface area contributed by atoms with Gasteiger partial charge in [0.2, 0.25) is 0 Å². The molecular formula is C14H24N4O3. The van der Waals surface area contributed by atoms with Crippen LogP contribution in [0.3, 0.4) is 0 Å². The second-order valence-corrected chi connectivity index (χ2v) is 5.64. The first-order valence-electron chi connectivity index (χ1n) is 7.08. The van der Waals surface area contributed by atoms with Gasteiger partial charge in [0.05, 0.1) is 12.2 Å². The predicted molar refractivity (Wildman–Crippen MR) is 78.6 cm³/mol. The summed E-state index contributed by atoms with van der Waals surface area (Å²) in [4.78, 5) is 22.5. The van der Waals surface area contributed by atoms with Crippen molar-refractivity contribution in [2.75, 3.05) is 6.54 Å². The number of nitrogens with zero attached hydrogens (tertiary/aromatic N) is 2. The quantitative estimate of drug-likeness (QED) is 0.675. The fraction of sp³-hybridized carbons (Fsp3) is 0.643. The van der Waals surface area contributed by atoms with E-state index in [2.05, 4.69) is 15.7 Å². The van der Waals surface area contributed by atoms with E-state index in [0.29, 0.717) is 19.0 Å². The standard InChI is InChI=1S/C14H24N4O3/c1-10(2)6-11(7-13(19)20)8-15-14(21)16-9-12-4-5-18(3)17-12/h4-5,10-11H,6-9H2,1-3H3,(H,19,20)(H2,15,16,21). The van der Waals surface area contributed by atoms with E-state index in [1.165, 1.54) is 0 Å². The van der Waals surface area contributed by atoms with Gasteiger partial charge in [0, 0.05) is 26.2 Å². The molecule has 1 atom stereocenters. The maximum absolute atomic E-state index is 11.7. The maximum atomic E-state index is 11.7. The third-order valence-corrected chi connectivity index (χ3v) is 3.02. The summed E-state index contributed by atoms with van der Waals surface area (Å²) >= 11 is 0. The highest BCUT2D eigenvalue weighted by Crippen LogP contribution is 2.14. The van der Waals surface area contributed by atoms with Crippen molar-refractivity contribution in [2.24, 2.45) is 18.9 Å². The fourth-order valence-corrected chi connectivity index (χ4v) is 2.18. The highest BCUT2D eigenvalue weighted by molar-refractivity contribution is 5.74. The van der Waals surface area contributed by atoms with Gasteiger partial charge in [0.1, 0.15) is 0 Å². The number of carboxylic acids is 1. The summed E-state index contributed by atoms with van der Waals surface area (Å²) < 4.78 is 1.67. The number of hydrogen-bond donors (Lipinski definition) is 3. The van der Waals surface area contributed by atoms with Crippen LogP contribution in [0.2, 0.25) is 0 Å². The Morgan fingerprint density at radius 1 is 1.38 bits per heavy atom. The molecule has 0 aliphatic carbocycles. The molecule has 2 amide bonds. The summed E-state index contributed by atoms with van der Waals surface area (Å²) in [7, 11) is 1.81. The minimum absolute atomic E-state index is 0.0527. The third-order valence-electron chi connectivity index (χ3n) is 3.02. The molecule has 7 nitrogen and oxygen atoms in total. The number of rotatable bonds is 8. The molecule has 0 aliphatic heterocycles. The second-order valence-electron chi connectivity index (χ2n) is 5.64. The van der Waals surface area contributed by atoms with Crippen molar-refractivity contribution in [3.05, 3.63) is 18.0 Å². The second kappa shape index (κ2) is 8.28. The number of amides is 2. The van der Waals surface area contributed by atoms with E-state index in [9.17, 15) is 9.59 Å². The number of aromatic nitrogens is 2. The van der Waals surface area contributed by atoms with E-state index in [1.54, 1.807) is 10.9 Å². The van der Waals surface area contributed by atoms with Crippen LogP contribution in [-0.4, -0.2) is 33.4 Å². The Morgan fingerprint density at radius 3 is 2.62 bits per heavy atom. The van der Waals surface area contributed by atoms with Crippen molar-refractivity contribution in [3.63, 3.8) is 0 Å². The van der Waals surface area contributed by atoms with Crippen LogP contribution in [0.15, 0.2) is 12.3 Å². The molecule has 118 valence electrons. The molecular weight excluding hydrogens is 272 g/mol. The predicted octanol–water partition coefficient (Wildman–Crippen LogP) is 1.36. The van der Waals surface area contributed by atoms with Gasteiger partial charge in [-0.1, -0.05) is 13.8 Å². The Labute approximate surface area is 124 Å². The van der Waals surface area contributed by atoms with Crippen molar-refractivity contribution in [1.29, 1.82) is 0 Å². The van der Waals surface area contributed by atoms with Gasteiger partial charge in [-0.2, -0.15) is 5.10 Å². The lowest BCUT2D eigenvalue weighted by Crippen LogP contribution is -2.38. The number of carbonyl (C=O) groups excluding carboxylic acids is 1. The minimum atomic E-state index is -0.837. The lowest BCUT2D eigenvalue weighted by atomic mass is 9.94. The van der Waals surface area contributed by atoms with Crippen LogP contribution in [0.5, 0.6) is 0 Å². The maximum Gasteiger partial charge on any atom is 0.315 e. The molecule has 0 bridgehead atoms. The van der Waals surface area contributed by atoms with Crippen molar-refractivity contribution in [2.45, 2.75) is 33.2 Å². The minimum Gasteiger partial charge on any atom is -0.481 e. The summed E-state index contributed by atoms with van der Waals surface area (Å²) in [6, 6.07) is 1.52. The van der Waals surface area contributed by atoms with Gasteiger partial charge < -0.3 is 15.7 Å². The smallest absolute Gasteiger partial charge is 0.315 e. The Kier molecular flexibility index (Phi) is 6.71. The van der Waals surface area contributed by atoms with E-state index in [4.69, 9.17) is 5.11 Å². The molecule has 0 aliphatic rings. The Bertz CT molecular complexity index is 471. The first-order chi connectivity index (χ1) is 9.86. The number of hydrogen-bond acceptors (Lipinski definition) is 3. The first-order valence-corrected chi connectivity index (χ1v) is 7.08. The number of aliphatic carboxylic acids is 1. The van der Waals surface area contributed by atoms with E-state index in [1.807, 2.05) is 27.0 Å². The van der Waals surface area contributed by atoms with E-state index >= 15 is 0 Å². The molecule has 1 heterocycles. The summed E-state index contributed by atoms with van der Waals surface area (Å²) in [6.45, 7) is 4.78. The van der Waals surface area contributed by atoms with Crippen LogP contribution in [0.1, 0.15) is 32.4 Å². The van der Waals surface area contributed by atoms with Gasteiger partial charge in [-0.3, -0.25) is 9.48 Å². The number of aryl methyl sites for hydroxylation is 1. The molecule has 21 heavy (non-hydrogen) atoms. The average molecular weight is 296 g/mol. The monoisotopic (exact) mass is 296 g/mol. The van der Waals surface area contributed by atoms with E-state index in [-0.39, 0.29) is 18.4 Å². The van der Waals surface area contributed by atoms with Crippen LogP contribution in [0, 0.1) is 11.8 Å². The van der Waals surface area contributed by atoms with Crippen molar-refractivity contribution >= 4 is 12.0 Å². The number of carboxylic acid groups (broad SMARTS) is 1. The Hall–Kier alpha value is -2.05. The molecule has 0 spiro atoms. The van der Waals surface area contributed by atoms with Gasteiger partial charge in [0.25, 0.3) is 0 Å². The highest BCUT2D eigenvalue weighted by atomic mass is 16.4. The highest BCUT2D eigenvalue weighted by Gasteiger charge is 2.16. The lowest BCUT2D eigenvalue weighted by molar-refractivity contribution is -0.138. The molecule has 0 fully saturated rings. The summed E-state index contributed by atoms with van der Waals surface area (Å²) in [5.74, 6) is -0.493. The van der Waals surface area contributed by atoms with Crippen LogP contribution in [0.4, 0.5) is 4.79 Å². The van der Waals surface area contributed by atoms with Gasteiger partial charge in [0.15, 0.2) is 0 Å². The van der Waals surface area contributed by atoms with E-state index < -0.39 is 5.97 Å². The van der Waals surface area contributed by atoms with Crippen LogP contribution < -0.4 is 10.6 Å². The third kappa shape index (κ3) is 7.34. The number of urea groups is 1. The molecule has 7 heteroatoms. The molecule has 0 saturated carbocycles. The Morgan fingerprint density at radius 2 is 2.10 bits per heavy atom. The topological polar surface area (TPSA) is 96.3 Å². The van der Waals surface area contributed by atoms with Gasteiger partial charge >= 0.3 is 12.0 Å². The summed E-state index contributed by atoms with van der Waals surface area (Å²) in [6.07, 6.45) is 2.64. The molecule has 1 aromatic rings. The molecule has 3 N–H and O–H groups in total. The van der Waals surface area contributed by atoms with Crippen molar-refractivity contribution in [1.82, 2.24) is 20.4 Å². The summed E-state index contributed by atoms with van der Waals surface area (Å²) in [5, 5.41) is 18.5. The number of nitrogens with one attached hydrogen (secondary N) is 2. The SMILES string of the molecule is CC(C)CC(CNC(=O)NCc1ccn(C)n1)CC(=O)O. The van der Waals surface area contributed by atoms with Gasteiger partial charge in [-0.15, -0.1) is 0 Å². The molecule has 1 rings (SSSR count). The van der Waals surface area contributed by atoms with Crippen LogP contribution in [-0.2, 0) is 18.4 Å². The molecule has 0 aromatic carbocycles. The van der Waals surface area contributed by atoms with Crippen molar-refractivity contribution < 1.29 is 14.7 Å². The lowest BCUT2D eigenvalue weighted by Gasteiger charge is -2.17. The van der Waals surface area contributed by atoms with Gasteiger partial charge in [-0.25, -0.2) is 4.79 Å². The van der Waals surface area contributed by atoms with Gasteiger partial charge in [-0.05, 0) is 24.3 Å². The number of carbonyl (C=O) groups is 2. The molecule has 0 radical (unpaired) electrons. The van der Waals surface area contributed by atoms with E-state index in [0.717, 1.165) is 12.1 Å². The zero-order valence-corrected chi connectivity index (χ0v) is 12.8. The summed E-state index contributed by atoms with van der Waals surface area (Å²) in [5.41, 5.74) is 0.775. The average Bonchev–Trinajstić information content (AvgIpc) is 2.78. The zero-order chi connectivity index (χ0) is 15.8.